The highest BCUT2D eigenvalue weighted by molar-refractivity contribution is 7.12. The van der Waals surface area contributed by atoms with Crippen molar-refractivity contribution in [2.45, 2.75) is 13.5 Å². The number of aromatic nitrogens is 3. The molecule has 0 bridgehead atoms. The van der Waals surface area contributed by atoms with Crippen LogP contribution in [0.3, 0.4) is 0 Å². The number of carbonyl (C=O) groups excluding carboxylic acids is 2. The predicted octanol–water partition coefficient (Wildman–Crippen LogP) is 2.11. The van der Waals surface area contributed by atoms with Crippen LogP contribution < -0.4 is 0 Å². The monoisotopic (exact) mass is 369 g/mol. The van der Waals surface area contributed by atoms with Crippen molar-refractivity contribution in [3.63, 3.8) is 0 Å². The Morgan fingerprint density at radius 1 is 1.08 bits per heavy atom. The number of thiophene rings is 1. The summed E-state index contributed by atoms with van der Waals surface area (Å²) in [6, 6.07) is 9.22. The predicted molar refractivity (Wildman–Crippen MR) is 99.3 cm³/mol. The van der Waals surface area contributed by atoms with Gasteiger partial charge in [0.25, 0.3) is 11.8 Å². The molecule has 2 amide bonds. The van der Waals surface area contributed by atoms with Crippen molar-refractivity contribution < 1.29 is 9.59 Å². The van der Waals surface area contributed by atoms with Gasteiger partial charge in [-0.25, -0.2) is 4.68 Å². The Bertz CT molecular complexity index is 942. The third kappa shape index (κ3) is 2.96. The van der Waals surface area contributed by atoms with Crippen LogP contribution in [0.5, 0.6) is 0 Å². The number of carbonyl (C=O) groups is 2. The summed E-state index contributed by atoms with van der Waals surface area (Å²) < 4.78 is 1.80. The highest BCUT2D eigenvalue weighted by atomic mass is 32.1. The van der Waals surface area contributed by atoms with Crippen molar-refractivity contribution in [3.8, 4) is 0 Å². The molecule has 1 aliphatic rings. The van der Waals surface area contributed by atoms with Crippen molar-refractivity contribution in [2.75, 3.05) is 26.2 Å². The van der Waals surface area contributed by atoms with E-state index in [2.05, 4.69) is 10.3 Å². The summed E-state index contributed by atoms with van der Waals surface area (Å²) in [5, 5.41) is 10.1. The molecule has 8 heteroatoms. The molecule has 1 aromatic carbocycles. The van der Waals surface area contributed by atoms with E-state index in [0.717, 1.165) is 22.5 Å². The maximum Gasteiger partial charge on any atom is 0.264 e. The molecule has 1 fully saturated rings. The molecule has 7 nitrogen and oxygen atoms in total. The zero-order chi connectivity index (χ0) is 18.1. The first-order valence-corrected chi connectivity index (χ1v) is 9.50. The number of nitrogens with zero attached hydrogens (tertiary/aromatic N) is 5. The first-order valence-electron chi connectivity index (χ1n) is 8.62. The Morgan fingerprint density at radius 2 is 1.81 bits per heavy atom. The number of piperazine rings is 1. The molecule has 4 rings (SSSR count). The first kappa shape index (κ1) is 16.7. The van der Waals surface area contributed by atoms with Crippen molar-refractivity contribution >= 4 is 34.2 Å². The van der Waals surface area contributed by atoms with Crippen molar-refractivity contribution in [1.82, 2.24) is 24.8 Å². The normalized spacial score (nSPS) is 14.8. The molecule has 0 aliphatic carbocycles. The lowest BCUT2D eigenvalue weighted by atomic mass is 10.1. The standard InChI is InChI=1S/C18H19N5O2S/c1-2-23-15-6-5-13(12-14(15)19-20-23)17(24)21-7-9-22(10-8-21)18(25)16-4-3-11-26-16/h3-6,11-12H,2,7-10H2,1H3. The van der Waals surface area contributed by atoms with Crippen molar-refractivity contribution in [3.05, 3.63) is 46.2 Å². The third-order valence-electron chi connectivity index (χ3n) is 4.65. The van der Waals surface area contributed by atoms with Gasteiger partial charge >= 0.3 is 0 Å². The van der Waals surface area contributed by atoms with Gasteiger partial charge in [-0.15, -0.1) is 16.4 Å². The maximum atomic E-state index is 12.8. The van der Waals surface area contributed by atoms with Gasteiger partial charge in [-0.2, -0.15) is 0 Å². The summed E-state index contributed by atoms with van der Waals surface area (Å²) in [6.45, 7) is 4.92. The molecule has 3 heterocycles. The minimum absolute atomic E-state index is 0.0267. The van der Waals surface area contributed by atoms with E-state index in [-0.39, 0.29) is 11.8 Å². The first-order chi connectivity index (χ1) is 12.7. The van der Waals surface area contributed by atoms with Crippen LogP contribution in [0.1, 0.15) is 27.0 Å². The van der Waals surface area contributed by atoms with Gasteiger partial charge in [-0.05, 0) is 36.6 Å². The van der Waals surface area contributed by atoms with Gasteiger partial charge in [0.15, 0.2) is 0 Å². The second-order valence-electron chi connectivity index (χ2n) is 6.17. The Balaban J connectivity index is 1.44. The van der Waals surface area contributed by atoms with Crippen LogP contribution in [0.25, 0.3) is 11.0 Å². The third-order valence-corrected chi connectivity index (χ3v) is 5.50. The van der Waals surface area contributed by atoms with E-state index in [1.807, 2.05) is 41.5 Å². The lowest BCUT2D eigenvalue weighted by molar-refractivity contribution is 0.0538. The molecule has 0 unspecified atom stereocenters. The quantitative estimate of drug-likeness (QED) is 0.709. The molecule has 0 N–H and O–H groups in total. The van der Waals surface area contributed by atoms with Crippen LogP contribution in [0.4, 0.5) is 0 Å². The van der Waals surface area contributed by atoms with Crippen LogP contribution in [0.2, 0.25) is 0 Å². The van der Waals surface area contributed by atoms with Crippen molar-refractivity contribution in [1.29, 1.82) is 0 Å². The van der Waals surface area contributed by atoms with E-state index in [9.17, 15) is 9.59 Å². The van der Waals surface area contributed by atoms with E-state index >= 15 is 0 Å². The second-order valence-corrected chi connectivity index (χ2v) is 7.12. The largest absolute Gasteiger partial charge is 0.335 e. The topological polar surface area (TPSA) is 71.3 Å². The Morgan fingerprint density at radius 3 is 2.46 bits per heavy atom. The molecule has 3 aromatic rings. The highest BCUT2D eigenvalue weighted by Gasteiger charge is 2.26. The summed E-state index contributed by atoms with van der Waals surface area (Å²) in [7, 11) is 0. The van der Waals surface area contributed by atoms with E-state index in [4.69, 9.17) is 0 Å². The van der Waals surface area contributed by atoms with Gasteiger partial charge in [0.1, 0.15) is 5.52 Å². The smallest absolute Gasteiger partial charge is 0.264 e. The average Bonchev–Trinajstić information content (AvgIpc) is 3.36. The summed E-state index contributed by atoms with van der Waals surface area (Å²) in [6.07, 6.45) is 0. The lowest BCUT2D eigenvalue weighted by Crippen LogP contribution is -2.50. The van der Waals surface area contributed by atoms with Gasteiger partial charge in [-0.1, -0.05) is 11.3 Å². The SMILES string of the molecule is CCn1nnc2cc(C(=O)N3CCN(C(=O)c4cccs4)CC3)ccc21. The zero-order valence-corrected chi connectivity index (χ0v) is 15.3. The maximum absolute atomic E-state index is 12.8. The van der Waals surface area contributed by atoms with E-state index in [0.29, 0.717) is 31.7 Å². The van der Waals surface area contributed by atoms with E-state index < -0.39 is 0 Å². The fourth-order valence-corrected chi connectivity index (χ4v) is 3.88. The van der Waals surface area contributed by atoms with Gasteiger partial charge in [0.05, 0.1) is 10.4 Å². The molecule has 134 valence electrons. The molecule has 0 atom stereocenters. The van der Waals surface area contributed by atoms with E-state index in [1.165, 1.54) is 11.3 Å². The zero-order valence-electron chi connectivity index (χ0n) is 14.5. The molecule has 0 saturated carbocycles. The summed E-state index contributed by atoms with van der Waals surface area (Å²) in [5.74, 6) is 0.0193. The van der Waals surface area contributed by atoms with E-state index in [1.54, 1.807) is 15.6 Å². The van der Waals surface area contributed by atoms with Gasteiger partial charge in [0.2, 0.25) is 0 Å². The van der Waals surface area contributed by atoms with Gasteiger partial charge in [-0.3, -0.25) is 9.59 Å². The summed E-state index contributed by atoms with van der Waals surface area (Å²) in [4.78, 5) is 29.5. The molecular weight excluding hydrogens is 350 g/mol. The van der Waals surface area contributed by atoms with Crippen LogP contribution >= 0.6 is 11.3 Å². The Kier molecular flexibility index (Phi) is 4.42. The lowest BCUT2D eigenvalue weighted by Gasteiger charge is -2.34. The molecule has 0 radical (unpaired) electrons. The summed E-state index contributed by atoms with van der Waals surface area (Å²) in [5.41, 5.74) is 2.26. The highest BCUT2D eigenvalue weighted by Crippen LogP contribution is 2.17. The van der Waals surface area contributed by atoms with Crippen LogP contribution in [-0.4, -0.2) is 62.8 Å². The fraction of sp³-hybridized carbons (Fsp3) is 0.333. The average molecular weight is 369 g/mol. The van der Waals surface area contributed by atoms with Crippen LogP contribution in [0.15, 0.2) is 35.7 Å². The van der Waals surface area contributed by atoms with Crippen LogP contribution in [0, 0.1) is 0 Å². The minimum Gasteiger partial charge on any atom is -0.335 e. The van der Waals surface area contributed by atoms with Crippen molar-refractivity contribution in [2.24, 2.45) is 0 Å². The Labute approximate surface area is 154 Å². The number of aryl methyl sites for hydroxylation is 1. The van der Waals surface area contributed by atoms with Crippen LogP contribution in [-0.2, 0) is 6.54 Å². The number of amides is 2. The summed E-state index contributed by atoms with van der Waals surface area (Å²) >= 11 is 1.45. The van der Waals surface area contributed by atoms with Gasteiger partial charge in [0, 0.05) is 38.3 Å². The molecule has 0 spiro atoms. The molecular formula is C18H19N5O2S. The Hall–Kier alpha value is -2.74. The second kappa shape index (κ2) is 6.87. The molecule has 2 aromatic heterocycles. The van der Waals surface area contributed by atoms with Gasteiger partial charge < -0.3 is 9.80 Å². The number of hydrogen-bond acceptors (Lipinski definition) is 5. The fourth-order valence-electron chi connectivity index (χ4n) is 3.19. The minimum atomic E-state index is -0.0267. The number of benzene rings is 1. The molecule has 26 heavy (non-hydrogen) atoms. The number of rotatable bonds is 3. The number of hydrogen-bond donors (Lipinski definition) is 0. The number of fused-ring (bicyclic) bond motifs is 1. The molecule has 1 aliphatic heterocycles. The molecule has 1 saturated heterocycles.